The second kappa shape index (κ2) is 12.6. The minimum atomic E-state index is -0.451. The van der Waals surface area contributed by atoms with Gasteiger partial charge in [-0.1, -0.05) is 53.2 Å². The molecular formula is C28H26BrN5O3. The van der Waals surface area contributed by atoms with E-state index in [4.69, 9.17) is 9.84 Å². The number of hydrogen-bond acceptors (Lipinski definition) is 5. The van der Waals surface area contributed by atoms with Crippen LogP contribution in [0, 0.1) is 0 Å². The van der Waals surface area contributed by atoms with Crippen molar-refractivity contribution in [2.24, 2.45) is 5.10 Å². The number of carbonyl (C=O) groups excluding carboxylic acids is 2. The number of hydrogen-bond donors (Lipinski definition) is 2. The monoisotopic (exact) mass is 559 g/mol. The Kier molecular flexibility index (Phi) is 8.83. The molecule has 0 radical (unpaired) electrons. The van der Waals surface area contributed by atoms with Crippen LogP contribution < -0.4 is 15.5 Å². The number of halogens is 1. The van der Waals surface area contributed by atoms with Crippen LogP contribution in [0.4, 0.5) is 0 Å². The van der Waals surface area contributed by atoms with Gasteiger partial charge >= 0.3 is 0 Å². The molecule has 0 aliphatic carbocycles. The molecule has 9 heteroatoms. The van der Waals surface area contributed by atoms with E-state index >= 15 is 0 Å². The highest BCUT2D eigenvalue weighted by Gasteiger charge is 2.12. The smallest absolute Gasteiger partial charge is 0.259 e. The maximum absolute atomic E-state index is 12.3. The van der Waals surface area contributed by atoms with E-state index < -0.39 is 5.91 Å². The molecule has 0 unspecified atom stereocenters. The molecule has 0 saturated carbocycles. The first-order valence-electron chi connectivity index (χ1n) is 11.8. The van der Waals surface area contributed by atoms with E-state index in [0.29, 0.717) is 23.6 Å². The van der Waals surface area contributed by atoms with Gasteiger partial charge in [0.1, 0.15) is 11.4 Å². The van der Waals surface area contributed by atoms with Gasteiger partial charge < -0.3 is 10.1 Å². The van der Waals surface area contributed by atoms with Gasteiger partial charge in [0.15, 0.2) is 0 Å². The largest absolute Gasteiger partial charge is 0.494 e. The van der Waals surface area contributed by atoms with Crippen molar-refractivity contribution in [1.82, 2.24) is 20.5 Å². The van der Waals surface area contributed by atoms with Gasteiger partial charge in [-0.15, -0.1) is 0 Å². The topological polar surface area (TPSA) is 97.6 Å². The first-order valence-corrected chi connectivity index (χ1v) is 12.6. The molecule has 1 heterocycles. The van der Waals surface area contributed by atoms with Gasteiger partial charge in [0.05, 0.1) is 25.1 Å². The van der Waals surface area contributed by atoms with Crippen molar-refractivity contribution in [2.75, 3.05) is 13.2 Å². The van der Waals surface area contributed by atoms with Gasteiger partial charge in [-0.3, -0.25) is 9.59 Å². The Labute approximate surface area is 223 Å². The quantitative estimate of drug-likeness (QED) is 0.212. The minimum Gasteiger partial charge on any atom is -0.494 e. The first kappa shape index (κ1) is 25.8. The normalized spacial score (nSPS) is 10.9. The number of hydrazone groups is 1. The van der Waals surface area contributed by atoms with Crippen molar-refractivity contribution in [2.45, 2.75) is 13.3 Å². The average Bonchev–Trinajstić information content (AvgIpc) is 3.36. The molecule has 0 aliphatic heterocycles. The number of nitrogens with one attached hydrogen (secondary N) is 2. The number of rotatable bonds is 10. The first-order chi connectivity index (χ1) is 18.0. The van der Waals surface area contributed by atoms with E-state index in [1.54, 1.807) is 35.2 Å². The summed E-state index contributed by atoms with van der Waals surface area (Å²) in [4.78, 5) is 24.6. The highest BCUT2D eigenvalue weighted by molar-refractivity contribution is 9.10. The Balaban J connectivity index is 1.39. The summed E-state index contributed by atoms with van der Waals surface area (Å²) in [7, 11) is 0. The van der Waals surface area contributed by atoms with Crippen LogP contribution in [0.1, 0.15) is 29.3 Å². The molecule has 3 aromatic carbocycles. The third-order valence-corrected chi connectivity index (χ3v) is 5.80. The lowest BCUT2D eigenvalue weighted by Crippen LogP contribution is -2.34. The summed E-state index contributed by atoms with van der Waals surface area (Å²) in [6.45, 7) is 2.42. The molecule has 8 nitrogen and oxygen atoms in total. The molecule has 1 aromatic heterocycles. The van der Waals surface area contributed by atoms with Crippen molar-refractivity contribution in [3.05, 3.63) is 101 Å². The zero-order valence-electron chi connectivity index (χ0n) is 20.2. The summed E-state index contributed by atoms with van der Waals surface area (Å²) in [6, 6.07) is 24.3. The molecular weight excluding hydrogens is 534 g/mol. The Morgan fingerprint density at radius 2 is 1.76 bits per heavy atom. The molecule has 4 aromatic rings. The molecule has 0 aliphatic rings. The molecule has 0 fully saturated rings. The predicted molar refractivity (Wildman–Crippen MR) is 147 cm³/mol. The summed E-state index contributed by atoms with van der Waals surface area (Å²) in [5, 5.41) is 11.4. The number of para-hydroxylation sites is 1. The fraction of sp³-hybridized carbons (Fsp3) is 0.143. The van der Waals surface area contributed by atoms with Crippen LogP contribution in [0.3, 0.4) is 0 Å². The summed E-state index contributed by atoms with van der Waals surface area (Å²) >= 11 is 3.45. The zero-order valence-corrected chi connectivity index (χ0v) is 21.8. The molecule has 0 atom stereocenters. The molecule has 2 N–H and O–H groups in total. The van der Waals surface area contributed by atoms with E-state index in [2.05, 4.69) is 31.8 Å². The van der Waals surface area contributed by atoms with Gasteiger partial charge in [0, 0.05) is 27.4 Å². The lowest BCUT2D eigenvalue weighted by atomic mass is 10.1. The number of aromatic nitrogens is 2. The molecule has 0 bridgehead atoms. The summed E-state index contributed by atoms with van der Waals surface area (Å²) < 4.78 is 8.24. The molecule has 0 spiro atoms. The molecule has 2 amide bonds. The average molecular weight is 560 g/mol. The standard InChI is InChI=1S/C28H26BrN5O3/c1-2-16-37-25-14-10-21(11-15-25)28(36)30-18-26(35)32-31-17-22-19-34(24-6-4-3-5-7-24)33-27(22)20-8-12-23(29)13-9-20/h3-15,17,19H,2,16,18H2,1H3,(H,30,36)(H,32,35)/b31-17-. The van der Waals surface area contributed by atoms with Crippen LogP contribution in [0.2, 0.25) is 0 Å². The highest BCUT2D eigenvalue weighted by atomic mass is 79.9. The fourth-order valence-corrected chi connectivity index (χ4v) is 3.69. The van der Waals surface area contributed by atoms with Crippen LogP contribution in [0.15, 0.2) is 94.6 Å². The Morgan fingerprint density at radius 3 is 2.46 bits per heavy atom. The number of nitrogens with zero attached hydrogens (tertiary/aromatic N) is 3. The minimum absolute atomic E-state index is 0.215. The summed E-state index contributed by atoms with van der Waals surface area (Å²) in [5.41, 5.74) is 6.14. The summed E-state index contributed by atoms with van der Waals surface area (Å²) in [6.07, 6.45) is 4.29. The van der Waals surface area contributed by atoms with E-state index in [-0.39, 0.29) is 12.5 Å². The van der Waals surface area contributed by atoms with Crippen LogP contribution in [-0.4, -0.2) is 41.0 Å². The van der Waals surface area contributed by atoms with E-state index in [0.717, 1.165) is 27.7 Å². The van der Waals surface area contributed by atoms with Crippen molar-refractivity contribution in [3.8, 4) is 22.7 Å². The highest BCUT2D eigenvalue weighted by Crippen LogP contribution is 2.24. The van der Waals surface area contributed by atoms with Crippen molar-refractivity contribution < 1.29 is 14.3 Å². The number of ether oxygens (including phenoxy) is 1. The van der Waals surface area contributed by atoms with Crippen LogP contribution >= 0.6 is 15.9 Å². The zero-order chi connectivity index (χ0) is 26.0. The lowest BCUT2D eigenvalue weighted by Gasteiger charge is -2.07. The third kappa shape index (κ3) is 7.14. The molecule has 37 heavy (non-hydrogen) atoms. The van der Waals surface area contributed by atoms with Gasteiger partial charge in [0.25, 0.3) is 11.8 Å². The number of carbonyl (C=O) groups is 2. The van der Waals surface area contributed by atoms with E-state index in [1.165, 1.54) is 0 Å². The van der Waals surface area contributed by atoms with Gasteiger partial charge in [0.2, 0.25) is 0 Å². The third-order valence-electron chi connectivity index (χ3n) is 5.27. The van der Waals surface area contributed by atoms with Gasteiger partial charge in [-0.25, -0.2) is 10.1 Å². The maximum Gasteiger partial charge on any atom is 0.259 e. The SMILES string of the molecule is CCCOc1ccc(C(=O)NCC(=O)N/N=C\c2cn(-c3ccccc3)nc2-c2ccc(Br)cc2)cc1. The van der Waals surface area contributed by atoms with E-state index in [1.807, 2.05) is 67.7 Å². The van der Waals surface area contributed by atoms with Crippen LogP contribution in [0.5, 0.6) is 5.75 Å². The Hall–Kier alpha value is -4.24. The Morgan fingerprint density at radius 1 is 1.03 bits per heavy atom. The molecule has 188 valence electrons. The Bertz CT molecular complexity index is 1370. The van der Waals surface area contributed by atoms with Crippen LogP contribution in [-0.2, 0) is 4.79 Å². The van der Waals surface area contributed by atoms with Crippen molar-refractivity contribution in [1.29, 1.82) is 0 Å². The fourth-order valence-electron chi connectivity index (χ4n) is 3.43. The number of amides is 2. The molecule has 4 rings (SSSR count). The van der Waals surface area contributed by atoms with Gasteiger partial charge in [-0.05, 0) is 55.0 Å². The maximum atomic E-state index is 12.3. The van der Waals surface area contributed by atoms with Gasteiger partial charge in [-0.2, -0.15) is 10.2 Å². The molecule has 0 saturated heterocycles. The van der Waals surface area contributed by atoms with Crippen LogP contribution in [0.25, 0.3) is 16.9 Å². The number of benzene rings is 3. The van der Waals surface area contributed by atoms with E-state index in [9.17, 15) is 9.59 Å². The van der Waals surface area contributed by atoms with Crippen molar-refractivity contribution >= 4 is 34.0 Å². The second-order valence-electron chi connectivity index (χ2n) is 8.07. The van der Waals surface area contributed by atoms with Crippen molar-refractivity contribution in [3.63, 3.8) is 0 Å². The second-order valence-corrected chi connectivity index (χ2v) is 8.98. The lowest BCUT2D eigenvalue weighted by molar-refractivity contribution is -0.120. The summed E-state index contributed by atoms with van der Waals surface area (Å²) in [5.74, 6) is -0.112. The predicted octanol–water partition coefficient (Wildman–Crippen LogP) is 4.97.